The number of amides is 7. The summed E-state index contributed by atoms with van der Waals surface area (Å²) >= 11 is 0. The Bertz CT molecular complexity index is 2260. The highest BCUT2D eigenvalue weighted by molar-refractivity contribution is 5.98. The maximum Gasteiger partial charge on any atom is 0.326 e. The van der Waals surface area contributed by atoms with E-state index < -0.39 is 119 Å². The maximum absolute atomic E-state index is 14.6. The zero-order valence-electron chi connectivity index (χ0n) is 44.4. The Morgan fingerprint density at radius 1 is 0.595 bits per heavy atom. The Labute approximate surface area is 433 Å². The van der Waals surface area contributed by atoms with E-state index in [2.05, 4.69) is 31.9 Å². The Balaban J connectivity index is 1.85. The average Bonchev–Trinajstić information content (AvgIpc) is 3.80. The molecule has 0 bridgehead atoms. The molecule has 0 radical (unpaired) electrons. The van der Waals surface area contributed by atoms with Gasteiger partial charge in [0.05, 0.1) is 6.04 Å². The first-order valence-corrected chi connectivity index (χ1v) is 25.2. The van der Waals surface area contributed by atoms with Crippen molar-refractivity contribution in [3.63, 3.8) is 0 Å². The lowest BCUT2D eigenvalue weighted by Crippen LogP contribution is -2.60. The van der Waals surface area contributed by atoms with E-state index in [-0.39, 0.29) is 63.8 Å². The van der Waals surface area contributed by atoms with Crippen molar-refractivity contribution in [2.24, 2.45) is 11.7 Å². The molecular weight excluding hydrogens is 957 g/mol. The van der Waals surface area contributed by atoms with Crippen molar-refractivity contribution < 1.29 is 62.5 Å². The van der Waals surface area contributed by atoms with Gasteiger partial charge in [-0.2, -0.15) is 0 Å². The first-order chi connectivity index (χ1) is 34.5. The fourth-order valence-electron chi connectivity index (χ4n) is 7.94. The van der Waals surface area contributed by atoms with Crippen molar-refractivity contribution in [2.45, 2.75) is 187 Å². The number of nitrogens with two attached hydrogens (primary N) is 1. The molecule has 3 rings (SSSR count). The highest BCUT2D eigenvalue weighted by Crippen LogP contribution is 2.21. The van der Waals surface area contributed by atoms with Crippen LogP contribution in [-0.4, -0.2) is 135 Å². The predicted molar refractivity (Wildman–Crippen MR) is 273 cm³/mol. The minimum atomic E-state index is -1.44. The standard InChI is InChI=1S/C53H78N8O13/c1-31(2)28-38(48(68)57-37(24-26-43(63)74-53(8,9)10)47(67)60-40(51(71)72)30-35-20-15-12-16-21-35)58-49(69)41-22-17-27-61(41)50(70)39(29-34-18-13-11-14-19-34)59-45(65)33(4)55-46(66)36(56-44(64)32(3)54)23-25-42(62)73-52(5,6)7/h11-16,18-21,31-33,36-41H,17,22-30,54H2,1-10H3,(H,55,66)(H,56,64)(H,57,68)(H,58,69)(H,59,65)(H,60,67)(H,71,72)/t32-,33-,36-,37-,38-,39-,40-,41-/m0/s1. The molecule has 0 saturated carbocycles. The molecule has 1 aliphatic heterocycles. The van der Waals surface area contributed by atoms with Gasteiger partial charge in [0.15, 0.2) is 0 Å². The third-order valence-electron chi connectivity index (χ3n) is 11.5. The molecular formula is C53H78N8O13. The number of carboxylic acids is 1. The van der Waals surface area contributed by atoms with Crippen LogP contribution in [0.25, 0.3) is 0 Å². The van der Waals surface area contributed by atoms with Crippen LogP contribution < -0.4 is 37.6 Å². The number of likely N-dealkylation sites (tertiary alicyclic amines) is 1. The second kappa shape index (κ2) is 28.5. The van der Waals surface area contributed by atoms with Gasteiger partial charge in [0.25, 0.3) is 0 Å². The second-order valence-corrected chi connectivity index (χ2v) is 21.1. The van der Waals surface area contributed by atoms with Gasteiger partial charge in [-0.15, -0.1) is 0 Å². The molecule has 8 atom stereocenters. The summed E-state index contributed by atoms with van der Waals surface area (Å²) in [6.45, 7) is 16.6. The number of carbonyl (C=O) groups is 10. The first kappa shape index (κ1) is 61.4. The normalized spacial score (nSPS) is 16.4. The number of nitrogens with one attached hydrogen (secondary N) is 6. The van der Waals surface area contributed by atoms with E-state index in [9.17, 15) is 53.1 Å². The quantitative estimate of drug-likeness (QED) is 0.0627. The molecule has 0 unspecified atom stereocenters. The van der Waals surface area contributed by atoms with Gasteiger partial charge in [-0.05, 0) is 105 Å². The van der Waals surface area contributed by atoms with E-state index in [0.29, 0.717) is 17.5 Å². The third-order valence-corrected chi connectivity index (χ3v) is 11.5. The van der Waals surface area contributed by atoms with Crippen LogP contribution in [0.3, 0.4) is 0 Å². The highest BCUT2D eigenvalue weighted by Gasteiger charge is 2.40. The number of hydrogen-bond donors (Lipinski definition) is 8. The number of aliphatic carboxylic acids is 1. The molecule has 7 amide bonds. The zero-order valence-corrected chi connectivity index (χ0v) is 44.4. The number of hydrogen-bond acceptors (Lipinski definition) is 13. The molecule has 0 spiro atoms. The first-order valence-electron chi connectivity index (χ1n) is 25.2. The molecule has 1 saturated heterocycles. The van der Waals surface area contributed by atoms with Crippen LogP contribution in [0.15, 0.2) is 60.7 Å². The highest BCUT2D eigenvalue weighted by atomic mass is 16.6. The summed E-state index contributed by atoms with van der Waals surface area (Å²) in [6, 6.07) is 7.41. The van der Waals surface area contributed by atoms with Crippen LogP contribution in [0.5, 0.6) is 0 Å². The fourth-order valence-corrected chi connectivity index (χ4v) is 7.94. The van der Waals surface area contributed by atoms with E-state index in [0.717, 1.165) is 0 Å². The van der Waals surface area contributed by atoms with Crippen molar-refractivity contribution in [3.05, 3.63) is 71.8 Å². The lowest BCUT2D eigenvalue weighted by atomic mass is 10.0. The minimum absolute atomic E-state index is 0.0148. The van der Waals surface area contributed by atoms with E-state index >= 15 is 0 Å². The number of nitrogens with zero attached hydrogens (tertiary/aromatic N) is 1. The topological polar surface area (TPSA) is 311 Å². The predicted octanol–water partition coefficient (Wildman–Crippen LogP) is 2.11. The number of ether oxygens (including phenoxy) is 2. The molecule has 2 aromatic rings. The number of carboxylic acid groups (broad SMARTS) is 1. The summed E-state index contributed by atoms with van der Waals surface area (Å²) in [5.41, 5.74) is 5.38. The molecule has 1 aliphatic rings. The number of carbonyl (C=O) groups excluding carboxylic acids is 9. The average molecular weight is 1040 g/mol. The van der Waals surface area contributed by atoms with Gasteiger partial charge < -0.3 is 57.1 Å². The number of benzene rings is 2. The Morgan fingerprint density at radius 3 is 1.49 bits per heavy atom. The largest absolute Gasteiger partial charge is 0.480 e. The van der Waals surface area contributed by atoms with Crippen LogP contribution in [0, 0.1) is 5.92 Å². The monoisotopic (exact) mass is 1030 g/mol. The van der Waals surface area contributed by atoms with Gasteiger partial charge in [0.1, 0.15) is 53.5 Å². The molecule has 74 heavy (non-hydrogen) atoms. The van der Waals surface area contributed by atoms with Crippen molar-refractivity contribution in [2.75, 3.05) is 6.54 Å². The summed E-state index contributed by atoms with van der Waals surface area (Å²) in [4.78, 5) is 136. The summed E-state index contributed by atoms with van der Waals surface area (Å²) in [5, 5.41) is 25.7. The van der Waals surface area contributed by atoms with Crippen LogP contribution in [0.1, 0.15) is 125 Å². The van der Waals surface area contributed by atoms with Crippen molar-refractivity contribution in [1.29, 1.82) is 0 Å². The van der Waals surface area contributed by atoms with Gasteiger partial charge in [-0.1, -0.05) is 74.5 Å². The smallest absolute Gasteiger partial charge is 0.326 e. The molecule has 408 valence electrons. The molecule has 9 N–H and O–H groups in total. The Morgan fingerprint density at radius 2 is 1.03 bits per heavy atom. The molecule has 1 fully saturated rings. The van der Waals surface area contributed by atoms with Gasteiger partial charge in [-0.3, -0.25) is 43.2 Å². The van der Waals surface area contributed by atoms with Gasteiger partial charge in [0.2, 0.25) is 41.4 Å². The summed E-state index contributed by atoms with van der Waals surface area (Å²) in [5.74, 6) is -8.00. The van der Waals surface area contributed by atoms with Gasteiger partial charge >= 0.3 is 17.9 Å². The molecule has 2 aromatic carbocycles. The summed E-state index contributed by atoms with van der Waals surface area (Å²) in [7, 11) is 0. The van der Waals surface area contributed by atoms with E-state index in [1.54, 1.807) is 102 Å². The lowest BCUT2D eigenvalue weighted by molar-refractivity contribution is -0.156. The van der Waals surface area contributed by atoms with E-state index in [4.69, 9.17) is 15.2 Å². The van der Waals surface area contributed by atoms with Gasteiger partial charge in [0, 0.05) is 32.2 Å². The van der Waals surface area contributed by atoms with Crippen molar-refractivity contribution in [3.8, 4) is 0 Å². The van der Waals surface area contributed by atoms with E-state index in [1.165, 1.54) is 18.7 Å². The fraction of sp³-hybridized carbons (Fsp3) is 0.585. The number of rotatable bonds is 26. The molecule has 0 aromatic heterocycles. The Kier molecular flexibility index (Phi) is 23.7. The SMILES string of the molecule is CC(C)C[C@H](NC(=O)[C@@H]1CCCN1C(=O)[C@H](Cc1ccccc1)NC(=O)[C@H](C)NC(=O)[C@H](CCC(=O)OC(C)(C)C)NC(=O)[C@H](C)N)C(=O)N[C@@H](CCC(=O)OC(C)(C)C)C(=O)N[C@@H](Cc1ccccc1)C(=O)O. The molecule has 1 heterocycles. The van der Waals surface area contributed by atoms with E-state index in [1.807, 2.05) is 13.8 Å². The second-order valence-electron chi connectivity index (χ2n) is 21.1. The maximum atomic E-state index is 14.6. The van der Waals surface area contributed by atoms with Crippen molar-refractivity contribution >= 4 is 59.3 Å². The summed E-state index contributed by atoms with van der Waals surface area (Å²) in [6.07, 6.45) is -0.422. The van der Waals surface area contributed by atoms with Crippen LogP contribution in [0.2, 0.25) is 0 Å². The lowest BCUT2D eigenvalue weighted by Gasteiger charge is -2.31. The van der Waals surface area contributed by atoms with Crippen LogP contribution >= 0.6 is 0 Å². The van der Waals surface area contributed by atoms with Crippen molar-refractivity contribution in [1.82, 2.24) is 36.8 Å². The minimum Gasteiger partial charge on any atom is -0.480 e. The van der Waals surface area contributed by atoms with Crippen LogP contribution in [0.4, 0.5) is 0 Å². The molecule has 21 heteroatoms. The van der Waals surface area contributed by atoms with Gasteiger partial charge in [-0.25, -0.2) is 4.79 Å². The molecule has 21 nitrogen and oxygen atoms in total. The number of esters is 2. The van der Waals surface area contributed by atoms with Crippen LogP contribution in [-0.2, 0) is 70.3 Å². The Hall–Kier alpha value is -6.90. The zero-order chi connectivity index (χ0) is 55.5. The molecule has 0 aliphatic carbocycles. The third kappa shape index (κ3) is 21.7. The summed E-state index contributed by atoms with van der Waals surface area (Å²) < 4.78 is 10.8.